The van der Waals surface area contributed by atoms with Gasteiger partial charge in [-0.05, 0) is 250 Å². The van der Waals surface area contributed by atoms with E-state index >= 15 is 0 Å². The quantitative estimate of drug-likeness (QED) is 0.0607. The van der Waals surface area contributed by atoms with E-state index in [-0.39, 0.29) is 161 Å². The molecular formula is C120H181P3Ru6S6-3. The van der Waals surface area contributed by atoms with Gasteiger partial charge in [-0.1, -0.05) is 372 Å². The molecule has 9 aromatic rings. The zero-order chi connectivity index (χ0) is 91.3. The van der Waals surface area contributed by atoms with E-state index in [9.17, 15) is 0 Å². The largest absolute Gasteiger partial charge is 0.776 e. The van der Waals surface area contributed by atoms with Crippen molar-refractivity contribution >= 4 is 147 Å². The Balaban J connectivity index is -0.000000350. The fourth-order valence-electron chi connectivity index (χ4n) is 21.6. The van der Waals surface area contributed by atoms with Crippen LogP contribution < -0.4 is 47.7 Å². The van der Waals surface area contributed by atoms with E-state index in [2.05, 4.69) is 353 Å². The van der Waals surface area contributed by atoms with Gasteiger partial charge in [0.1, 0.15) is 15.9 Å². The Morgan fingerprint density at radius 1 is 0.133 bits per heavy atom. The molecule has 0 aromatic heterocycles. The summed E-state index contributed by atoms with van der Waals surface area (Å²) in [5.41, 5.74) is 0. The average molecular weight is 2520 g/mol. The number of hydrogen-bond acceptors (Lipinski definition) is 6. The molecule has 6 aliphatic carbocycles. The van der Waals surface area contributed by atoms with E-state index in [0.29, 0.717) is 0 Å². The van der Waals surface area contributed by atoms with Crippen LogP contribution in [0.15, 0.2) is 266 Å². The Labute approximate surface area is 949 Å². The molecule has 0 heterocycles. The molecule has 6 saturated carbocycles. The Bertz CT molecular complexity index is 3620. The van der Waals surface area contributed by atoms with Crippen LogP contribution in [0.4, 0.5) is 0 Å². The molecule has 15 rings (SSSR count). The first-order chi connectivity index (χ1) is 58.1. The van der Waals surface area contributed by atoms with Crippen LogP contribution in [0.2, 0.25) is 0 Å². The first-order valence-electron chi connectivity index (χ1n) is 47.5. The van der Waals surface area contributed by atoms with Crippen molar-refractivity contribution in [2.75, 3.05) is 0 Å². The molecule has 9 aromatic carbocycles. The van der Waals surface area contributed by atoms with Gasteiger partial charge >= 0.3 is 117 Å². The fourth-order valence-corrected chi connectivity index (χ4v) is 32.2. The third kappa shape index (κ3) is 38.2. The maximum absolute atomic E-state index is 5.56. The monoisotopic (exact) mass is 2520 g/mol. The molecular weight excluding hydrogens is 2330 g/mol. The molecule has 0 unspecified atom stereocenters. The van der Waals surface area contributed by atoms with E-state index in [4.69, 9.17) is 75.8 Å². The third-order valence-electron chi connectivity index (χ3n) is 35.0. The van der Waals surface area contributed by atoms with Crippen molar-refractivity contribution in [2.24, 2.45) is 178 Å². The van der Waals surface area contributed by atoms with E-state index in [1.54, 1.807) is 0 Å². The minimum Gasteiger partial charge on any atom is -0.776 e. The van der Waals surface area contributed by atoms with Crippen LogP contribution in [0.5, 0.6) is 0 Å². The molecule has 0 bridgehead atoms. The van der Waals surface area contributed by atoms with E-state index < -0.39 is 23.8 Å². The maximum atomic E-state index is 5.56. The predicted octanol–water partition coefficient (Wildman–Crippen LogP) is 30.5. The molecule has 0 saturated heterocycles. The molecule has 0 atom stereocenters. The van der Waals surface area contributed by atoms with Gasteiger partial charge in [0.15, 0.2) is 0 Å². The van der Waals surface area contributed by atoms with Gasteiger partial charge in [-0.2, -0.15) is 0 Å². The zero-order valence-corrected chi connectivity index (χ0v) is 108. The molecule has 0 nitrogen and oxygen atoms in total. The van der Waals surface area contributed by atoms with Crippen LogP contribution in [0.1, 0.15) is 208 Å². The Morgan fingerprint density at radius 3 is 0.289 bits per heavy atom. The normalized spacial score (nSPS) is 29.7. The number of benzene rings is 9. The summed E-state index contributed by atoms with van der Waals surface area (Å²) in [6, 6.07) is 80.9. The molecule has 6 radical (unpaired) electrons. The Hall–Kier alpha value is -0.670. The van der Waals surface area contributed by atoms with Crippen molar-refractivity contribution < 1.29 is 117 Å². The van der Waals surface area contributed by atoms with Crippen LogP contribution in [-0.2, 0) is 193 Å². The van der Waals surface area contributed by atoms with Gasteiger partial charge in [0, 0.05) is 0 Å². The Morgan fingerprint density at radius 2 is 0.207 bits per heavy atom. The molecule has 0 spiro atoms. The average Bonchev–Trinajstić information content (AvgIpc) is 1.74. The second kappa shape index (κ2) is 70.2. The van der Waals surface area contributed by atoms with Crippen LogP contribution in [-0.4, -0.2) is 0 Å². The summed E-state index contributed by atoms with van der Waals surface area (Å²) in [5.74, 6) is 28.1. The predicted molar refractivity (Wildman–Crippen MR) is 608 cm³/mol. The minimum absolute atomic E-state index is 0. The van der Waals surface area contributed by atoms with Gasteiger partial charge in [-0.3, -0.25) is 0 Å². The van der Waals surface area contributed by atoms with Crippen molar-refractivity contribution in [3.63, 3.8) is 0 Å². The van der Waals surface area contributed by atoms with Crippen molar-refractivity contribution in [1.82, 2.24) is 0 Å². The maximum Gasteiger partial charge on any atom is 0.102 e. The summed E-state index contributed by atoms with van der Waals surface area (Å²) in [4.78, 5) is 5.55. The van der Waals surface area contributed by atoms with Gasteiger partial charge in [-0.25, -0.2) is 0 Å². The topological polar surface area (TPSA) is 0 Å². The molecule has 0 amide bonds. The Kier molecular flexibility index (Phi) is 75.4. The summed E-state index contributed by atoms with van der Waals surface area (Å²) >= 11 is 33.4. The van der Waals surface area contributed by atoms with Crippen molar-refractivity contribution in [1.29, 1.82) is 0 Å². The molecule has 6 fully saturated rings. The van der Waals surface area contributed by atoms with Crippen molar-refractivity contribution in [3.8, 4) is 0 Å². The first-order valence-corrected chi connectivity index (χ1v) is 54.4. The van der Waals surface area contributed by atoms with Crippen LogP contribution in [0.3, 0.4) is 0 Å². The van der Waals surface area contributed by atoms with Crippen LogP contribution in [0.25, 0.3) is 0 Å². The second-order valence-electron chi connectivity index (χ2n) is 40.0. The summed E-state index contributed by atoms with van der Waals surface area (Å²) in [6.07, 6.45) is 0. The van der Waals surface area contributed by atoms with Crippen LogP contribution >= 0.6 is 23.8 Å². The van der Waals surface area contributed by atoms with Crippen molar-refractivity contribution in [2.45, 2.75) is 237 Å². The smallest absolute Gasteiger partial charge is 0.102 e. The third-order valence-corrected chi connectivity index (χ3v) is 46.8. The van der Waals surface area contributed by atoms with Gasteiger partial charge in [0.2, 0.25) is 0 Å². The molecule has 6 aliphatic rings. The van der Waals surface area contributed by atoms with Crippen molar-refractivity contribution in [3.05, 3.63) is 281 Å². The SMILES string of the molecule is CC1C(C)C(C)C(C)C1C.CC1C(C)C(C)C(C)C1C.CC1C(C)C(C)C(C)C1C.CC1C(C)C(C)C(C)C1C.CC1C(C)C(C)C(C)C1C.CC1C(C)C(C)C(C)C1C.[CH3-].[CH3-].[CH3-].[CH3-].[CH3-].[CH3-].[Ru+].[Ru+].[Ru+].[Ru+].[Ru+].[RuH+].[S-]c1ccccc1[PH+](c1ccccc1)c1ccccc1[S-].[S-]c1ccccc1[PH+](c1ccccc1)c1ccccc1[S-].[S-]c1ccccc1[PH+](c1ccccc1)c1ccccc1[S-]. The zero-order valence-electron chi connectivity index (χ0n) is 89.4. The standard InChI is InChI=1S/3C18H15PS2.6C10H20.6CH3.6Ru.H/c3*20-17-12-6-4-10-15(17)19(14-8-2-1-3-9-14)16-11-5-7-13-18(16)21;6*1-6-7(2)9(4)10(5)8(6)3;;;;;;;;;;;;;/h3*1-13,20-21H;6*6-10H,1-5H3;6*1H3;;;;;;;/q;;;;;;;;;6*-1;6*+1;/p-3. The molecule has 763 valence electrons. The number of rotatable bonds is 9. The summed E-state index contributed by atoms with van der Waals surface area (Å²) in [6.45, 7) is 71.9. The molecule has 0 aliphatic heterocycles. The molecule has 0 N–H and O–H groups in total. The van der Waals surface area contributed by atoms with Gasteiger partial charge in [0.05, 0.1) is 55.6 Å². The first kappa shape index (κ1) is 145. The fraction of sp³-hybridized carbons (Fsp3) is 0.500. The van der Waals surface area contributed by atoms with Gasteiger partial charge in [0.25, 0.3) is 0 Å². The van der Waals surface area contributed by atoms with Gasteiger partial charge < -0.3 is 120 Å². The minimum atomic E-state index is -1.15. The summed E-state index contributed by atoms with van der Waals surface area (Å²) in [5, 5.41) is 11.4. The second-order valence-corrected chi connectivity index (χ2v) is 49.8. The molecule has 15 heteroatoms. The molecule has 135 heavy (non-hydrogen) atoms. The van der Waals surface area contributed by atoms with E-state index in [0.717, 1.165) is 207 Å². The van der Waals surface area contributed by atoms with Crippen LogP contribution in [0, 0.1) is 222 Å². The summed E-state index contributed by atoms with van der Waals surface area (Å²) in [7, 11) is -3.44. The van der Waals surface area contributed by atoms with Gasteiger partial charge in [-0.15, -0.1) is 29.4 Å². The summed E-state index contributed by atoms with van der Waals surface area (Å²) < 4.78 is 0. The van der Waals surface area contributed by atoms with E-state index in [1.807, 2.05) is 91.0 Å². The van der Waals surface area contributed by atoms with E-state index in [1.165, 1.54) is 47.7 Å². The number of hydrogen-bond donors (Lipinski definition) is 0.